The lowest BCUT2D eigenvalue weighted by molar-refractivity contribution is 0.0701. The van der Waals surface area contributed by atoms with E-state index in [1.54, 1.807) is 10.3 Å². The molecule has 0 bridgehead atoms. The molecule has 0 radical (unpaired) electrons. The number of rotatable bonds is 10. The Labute approximate surface area is 191 Å². The molecule has 7 heteroatoms. The summed E-state index contributed by atoms with van der Waals surface area (Å²) in [6.07, 6.45) is 2.94. The summed E-state index contributed by atoms with van der Waals surface area (Å²) in [6.45, 7) is 1.14. The highest BCUT2D eigenvalue weighted by atomic mass is 35.5. The monoisotopic (exact) mass is 456 g/mol. The Balaban J connectivity index is 1.59. The van der Waals surface area contributed by atoms with Gasteiger partial charge in [-0.1, -0.05) is 41.9 Å². The molecule has 0 aliphatic heterocycles. The number of hydrogen-bond acceptors (Lipinski definition) is 3. The van der Waals surface area contributed by atoms with E-state index in [9.17, 15) is 14.7 Å². The number of aromatic carboxylic acids is 1. The maximum Gasteiger partial charge on any atom is 0.346 e. The second kappa shape index (κ2) is 11.5. The first-order chi connectivity index (χ1) is 15.0. The van der Waals surface area contributed by atoms with Gasteiger partial charge >= 0.3 is 12.0 Å². The van der Waals surface area contributed by atoms with Crippen LogP contribution in [0.15, 0.2) is 66.0 Å². The van der Waals surface area contributed by atoms with Gasteiger partial charge in [0.05, 0.1) is 0 Å². The summed E-state index contributed by atoms with van der Waals surface area (Å²) in [5.41, 5.74) is 2.71. The van der Waals surface area contributed by atoms with Gasteiger partial charge in [0, 0.05) is 23.8 Å². The molecule has 0 saturated heterocycles. The number of carboxylic acids is 1. The third-order valence-electron chi connectivity index (χ3n) is 4.91. The summed E-state index contributed by atoms with van der Waals surface area (Å²) in [5.74, 6) is -0.898. The number of nitrogens with one attached hydrogen (secondary N) is 1. The lowest BCUT2D eigenvalue weighted by Gasteiger charge is -2.23. The van der Waals surface area contributed by atoms with Gasteiger partial charge in [-0.25, -0.2) is 9.59 Å². The molecule has 2 amide bonds. The quantitative estimate of drug-likeness (QED) is 0.381. The first kappa shape index (κ1) is 22.8. The van der Waals surface area contributed by atoms with Crippen LogP contribution < -0.4 is 5.32 Å². The second-order valence-corrected chi connectivity index (χ2v) is 8.55. The van der Waals surface area contributed by atoms with E-state index in [0.717, 1.165) is 29.7 Å². The summed E-state index contributed by atoms with van der Waals surface area (Å²) in [5, 5.41) is 14.7. The Hall–Kier alpha value is -2.83. The van der Waals surface area contributed by atoms with Gasteiger partial charge < -0.3 is 15.3 Å². The first-order valence-electron chi connectivity index (χ1n) is 10.2. The predicted octanol–water partition coefficient (Wildman–Crippen LogP) is 6.20. The van der Waals surface area contributed by atoms with Crippen LogP contribution >= 0.6 is 22.9 Å². The van der Waals surface area contributed by atoms with Crippen LogP contribution in [0.3, 0.4) is 0 Å². The van der Waals surface area contributed by atoms with Crippen LogP contribution in [0.1, 0.15) is 33.6 Å². The Bertz CT molecular complexity index is 1010. The molecular formula is C24H25ClN2O3S. The van der Waals surface area contributed by atoms with E-state index in [1.807, 2.05) is 60.7 Å². The Morgan fingerprint density at radius 3 is 2.42 bits per heavy atom. The number of carbonyl (C=O) groups is 2. The SMILES string of the molecule is O=C(O)c1sccc1CCCN(CCCc1cccc(Cl)c1)C(=O)Nc1ccccc1. The molecule has 0 unspecified atom stereocenters. The molecule has 0 aliphatic rings. The molecule has 3 rings (SSSR count). The van der Waals surface area contributed by atoms with E-state index in [2.05, 4.69) is 5.32 Å². The number of urea groups is 1. The van der Waals surface area contributed by atoms with Crippen molar-refractivity contribution >= 4 is 40.6 Å². The number of carbonyl (C=O) groups excluding carboxylic acids is 1. The van der Waals surface area contributed by atoms with Crippen molar-refractivity contribution in [3.05, 3.63) is 87.1 Å². The van der Waals surface area contributed by atoms with E-state index in [1.165, 1.54) is 11.3 Å². The highest BCUT2D eigenvalue weighted by Gasteiger charge is 2.15. The van der Waals surface area contributed by atoms with Crippen LogP contribution in [-0.4, -0.2) is 35.1 Å². The normalized spacial score (nSPS) is 10.6. The van der Waals surface area contributed by atoms with Gasteiger partial charge in [-0.3, -0.25) is 0 Å². The zero-order valence-electron chi connectivity index (χ0n) is 17.1. The summed E-state index contributed by atoms with van der Waals surface area (Å²) in [7, 11) is 0. The number of benzene rings is 2. The van der Waals surface area contributed by atoms with Crippen LogP contribution in [0.4, 0.5) is 10.5 Å². The molecule has 2 N–H and O–H groups in total. The second-order valence-electron chi connectivity index (χ2n) is 7.20. The summed E-state index contributed by atoms with van der Waals surface area (Å²) in [4.78, 5) is 26.4. The third-order valence-corrected chi connectivity index (χ3v) is 6.09. The fourth-order valence-corrected chi connectivity index (χ4v) is 4.39. The molecule has 1 aromatic heterocycles. The highest BCUT2D eigenvalue weighted by molar-refractivity contribution is 7.12. The third kappa shape index (κ3) is 7.12. The van der Waals surface area contributed by atoms with Crippen molar-refractivity contribution in [2.75, 3.05) is 18.4 Å². The predicted molar refractivity (Wildman–Crippen MR) is 126 cm³/mol. The molecule has 3 aromatic rings. The zero-order chi connectivity index (χ0) is 22.1. The number of anilines is 1. The molecule has 1 heterocycles. The number of thiophene rings is 1. The number of halogens is 1. The largest absolute Gasteiger partial charge is 0.477 e. The number of amides is 2. The lowest BCUT2D eigenvalue weighted by atomic mass is 10.1. The number of carboxylic acid groups (broad SMARTS) is 1. The minimum atomic E-state index is -0.898. The lowest BCUT2D eigenvalue weighted by Crippen LogP contribution is -2.37. The van der Waals surface area contributed by atoms with E-state index < -0.39 is 5.97 Å². The van der Waals surface area contributed by atoms with Crippen molar-refractivity contribution in [3.8, 4) is 0 Å². The number of nitrogens with zero attached hydrogens (tertiary/aromatic N) is 1. The van der Waals surface area contributed by atoms with Gasteiger partial charge in [-0.15, -0.1) is 11.3 Å². The molecule has 5 nitrogen and oxygen atoms in total. The van der Waals surface area contributed by atoms with Crippen molar-refractivity contribution in [3.63, 3.8) is 0 Å². The summed E-state index contributed by atoms with van der Waals surface area (Å²) in [6, 6.07) is 18.8. The van der Waals surface area contributed by atoms with Gasteiger partial charge in [0.25, 0.3) is 0 Å². The van der Waals surface area contributed by atoms with Crippen LogP contribution in [0.5, 0.6) is 0 Å². The van der Waals surface area contributed by atoms with E-state index in [4.69, 9.17) is 11.6 Å². The van der Waals surface area contributed by atoms with Gasteiger partial charge in [0.1, 0.15) is 4.88 Å². The molecule has 0 fully saturated rings. The summed E-state index contributed by atoms with van der Waals surface area (Å²) < 4.78 is 0. The molecule has 31 heavy (non-hydrogen) atoms. The molecule has 0 atom stereocenters. The minimum Gasteiger partial charge on any atom is -0.477 e. The van der Waals surface area contributed by atoms with Crippen molar-refractivity contribution in [1.29, 1.82) is 0 Å². The molecule has 2 aromatic carbocycles. The van der Waals surface area contributed by atoms with E-state index >= 15 is 0 Å². The zero-order valence-corrected chi connectivity index (χ0v) is 18.7. The smallest absolute Gasteiger partial charge is 0.346 e. The Morgan fingerprint density at radius 2 is 1.71 bits per heavy atom. The van der Waals surface area contributed by atoms with Crippen molar-refractivity contribution in [1.82, 2.24) is 4.90 Å². The highest BCUT2D eigenvalue weighted by Crippen LogP contribution is 2.19. The fourth-order valence-electron chi connectivity index (χ4n) is 3.39. The molecular weight excluding hydrogens is 432 g/mol. The van der Waals surface area contributed by atoms with Crippen LogP contribution in [0, 0.1) is 0 Å². The number of hydrogen-bond donors (Lipinski definition) is 2. The van der Waals surface area contributed by atoms with Crippen LogP contribution in [0.25, 0.3) is 0 Å². The number of aryl methyl sites for hydroxylation is 2. The maximum absolute atomic E-state index is 12.9. The van der Waals surface area contributed by atoms with Crippen molar-refractivity contribution < 1.29 is 14.7 Å². The standard InChI is InChI=1S/C24H25ClN2O3S/c25-20-10-4-7-18(17-20)8-5-14-27(24(30)26-21-11-2-1-3-12-21)15-6-9-19-13-16-31-22(19)23(28)29/h1-4,7,10-13,16-17H,5-6,8-9,14-15H2,(H,26,30)(H,28,29). The molecule has 0 spiro atoms. The first-order valence-corrected chi connectivity index (χ1v) is 11.4. The fraction of sp³-hybridized carbons (Fsp3) is 0.250. The maximum atomic E-state index is 12.9. The van der Waals surface area contributed by atoms with Gasteiger partial charge in [-0.2, -0.15) is 0 Å². The van der Waals surface area contributed by atoms with Gasteiger partial charge in [-0.05, 0) is 72.5 Å². The van der Waals surface area contributed by atoms with Gasteiger partial charge in [0.15, 0.2) is 0 Å². The number of para-hydroxylation sites is 1. The van der Waals surface area contributed by atoms with Crippen LogP contribution in [0.2, 0.25) is 5.02 Å². The topological polar surface area (TPSA) is 69.6 Å². The minimum absolute atomic E-state index is 0.152. The van der Waals surface area contributed by atoms with Crippen molar-refractivity contribution in [2.24, 2.45) is 0 Å². The van der Waals surface area contributed by atoms with E-state index in [-0.39, 0.29) is 6.03 Å². The Morgan fingerprint density at radius 1 is 0.968 bits per heavy atom. The Kier molecular flexibility index (Phi) is 8.50. The van der Waals surface area contributed by atoms with Crippen molar-refractivity contribution in [2.45, 2.75) is 25.7 Å². The average molecular weight is 457 g/mol. The van der Waals surface area contributed by atoms with Crippen LogP contribution in [-0.2, 0) is 12.8 Å². The van der Waals surface area contributed by atoms with E-state index in [0.29, 0.717) is 35.8 Å². The summed E-state index contributed by atoms with van der Waals surface area (Å²) >= 11 is 7.30. The molecule has 162 valence electrons. The molecule has 0 aliphatic carbocycles. The molecule has 0 saturated carbocycles. The van der Waals surface area contributed by atoms with Gasteiger partial charge in [0.2, 0.25) is 0 Å². The average Bonchev–Trinajstić information content (AvgIpc) is 3.22.